The lowest BCUT2D eigenvalue weighted by atomic mass is 9.72. The largest absolute Gasteiger partial charge is 0.505 e. The van der Waals surface area contributed by atoms with E-state index in [1.54, 1.807) is 37.2 Å². The third-order valence-electron chi connectivity index (χ3n) is 8.08. The highest BCUT2D eigenvalue weighted by molar-refractivity contribution is 5.98. The van der Waals surface area contributed by atoms with Gasteiger partial charge in [-0.1, -0.05) is 73.7 Å². The number of piperidine rings is 1. The zero-order valence-corrected chi connectivity index (χ0v) is 22.3. The second kappa shape index (κ2) is 11.4. The number of amides is 1. The first-order valence-electron chi connectivity index (χ1n) is 13.1. The molecule has 1 aliphatic rings. The van der Waals surface area contributed by atoms with Crippen molar-refractivity contribution in [2.45, 2.75) is 50.3 Å². The van der Waals surface area contributed by atoms with E-state index >= 15 is 0 Å². The van der Waals surface area contributed by atoms with Gasteiger partial charge < -0.3 is 20.4 Å². The van der Waals surface area contributed by atoms with Crippen LogP contribution in [0.15, 0.2) is 78.9 Å². The Morgan fingerprint density at radius 2 is 1.65 bits per heavy atom. The number of anilines is 1. The maximum Gasteiger partial charge on any atom is 0.257 e. The zero-order chi connectivity index (χ0) is 26.6. The molecule has 37 heavy (non-hydrogen) atoms. The molecule has 3 unspecified atom stereocenters. The topological polar surface area (TPSA) is 76.0 Å². The summed E-state index contributed by atoms with van der Waals surface area (Å²) in [5, 5.41) is 24.6. The number of aliphatic hydroxyl groups is 1. The van der Waals surface area contributed by atoms with Crippen LogP contribution in [0.1, 0.15) is 48.2 Å². The first-order chi connectivity index (χ1) is 17.8. The lowest BCUT2D eigenvalue weighted by Crippen LogP contribution is -2.56. The summed E-state index contributed by atoms with van der Waals surface area (Å²) in [6.45, 7) is 5.80. The summed E-state index contributed by atoms with van der Waals surface area (Å²) in [5.74, 6) is -0.357. The number of rotatable bonds is 8. The van der Waals surface area contributed by atoms with Gasteiger partial charge in [0.25, 0.3) is 5.91 Å². The highest BCUT2D eigenvalue weighted by Crippen LogP contribution is 2.38. The van der Waals surface area contributed by atoms with Gasteiger partial charge in [-0.15, -0.1) is 0 Å². The minimum absolute atomic E-state index is 0.0662. The highest BCUT2D eigenvalue weighted by Gasteiger charge is 2.38. The Labute approximate surface area is 220 Å². The Hall–Kier alpha value is -3.35. The maximum atomic E-state index is 13.2. The number of hydrogen-bond acceptors (Lipinski definition) is 5. The number of likely N-dealkylation sites (tertiary alicyclic amines) is 1. The molecule has 4 rings (SSSR count). The van der Waals surface area contributed by atoms with E-state index in [1.807, 2.05) is 12.1 Å². The average Bonchev–Trinajstić information content (AvgIpc) is 2.93. The molecule has 3 aromatic carbocycles. The predicted molar refractivity (Wildman–Crippen MR) is 149 cm³/mol. The van der Waals surface area contributed by atoms with Gasteiger partial charge >= 0.3 is 0 Å². The second-order valence-corrected chi connectivity index (χ2v) is 10.4. The number of phenols is 1. The van der Waals surface area contributed by atoms with Crippen molar-refractivity contribution in [3.8, 4) is 5.75 Å². The molecule has 0 spiro atoms. The van der Waals surface area contributed by atoms with Crippen molar-refractivity contribution in [1.82, 2.24) is 9.80 Å². The Morgan fingerprint density at radius 3 is 2.19 bits per heavy atom. The number of carbonyl (C=O) groups is 1. The Morgan fingerprint density at radius 1 is 1.05 bits per heavy atom. The standard InChI is InChI=1S/C31H39N3O3/c1-22(20-31(2,23-12-7-5-8-13-23)24-14-9-6-10-15-24)34-19-18-27(28(35)21-34)33(4)30(37)25-16-11-17-26(32-3)29(25)36/h5-17,22,27-28,32,35-36H,18-21H2,1-4H3. The normalized spacial score (nSPS) is 19.3. The molecule has 1 heterocycles. The molecule has 0 saturated carbocycles. The smallest absolute Gasteiger partial charge is 0.257 e. The SMILES string of the molecule is CNc1cccc(C(=O)N(C)C2CCN(C(C)CC(C)(c3ccccc3)c3ccccc3)CC2O)c1O. The number of nitrogens with zero attached hydrogens (tertiary/aromatic N) is 2. The minimum atomic E-state index is -0.681. The van der Waals surface area contributed by atoms with Crippen LogP contribution in [0.4, 0.5) is 5.69 Å². The number of para-hydroxylation sites is 1. The first-order valence-corrected chi connectivity index (χ1v) is 13.1. The molecule has 1 fully saturated rings. The molecule has 0 aliphatic carbocycles. The van der Waals surface area contributed by atoms with Crippen LogP contribution in [0.5, 0.6) is 5.75 Å². The third-order valence-corrected chi connectivity index (χ3v) is 8.08. The molecule has 6 heteroatoms. The molecule has 1 saturated heterocycles. The van der Waals surface area contributed by atoms with E-state index in [9.17, 15) is 15.0 Å². The van der Waals surface area contributed by atoms with E-state index in [2.05, 4.69) is 72.6 Å². The van der Waals surface area contributed by atoms with Crippen molar-refractivity contribution < 1.29 is 15.0 Å². The Bertz CT molecular complexity index is 1150. The summed E-state index contributed by atoms with van der Waals surface area (Å²) in [5.41, 5.74) is 3.11. The fourth-order valence-corrected chi connectivity index (χ4v) is 5.79. The van der Waals surface area contributed by atoms with Gasteiger partial charge in [-0.2, -0.15) is 0 Å². The number of aromatic hydroxyl groups is 1. The molecule has 3 aromatic rings. The fourth-order valence-electron chi connectivity index (χ4n) is 5.79. The number of nitrogens with one attached hydrogen (secondary N) is 1. The number of hydrogen-bond donors (Lipinski definition) is 3. The Kier molecular flexibility index (Phi) is 8.20. The van der Waals surface area contributed by atoms with Gasteiger partial charge in [-0.25, -0.2) is 0 Å². The lowest BCUT2D eigenvalue weighted by molar-refractivity contribution is -0.0141. The number of aliphatic hydroxyl groups excluding tert-OH is 1. The summed E-state index contributed by atoms with van der Waals surface area (Å²) < 4.78 is 0. The monoisotopic (exact) mass is 501 g/mol. The molecule has 1 amide bonds. The van der Waals surface area contributed by atoms with Crippen LogP contribution in [-0.4, -0.2) is 71.3 Å². The van der Waals surface area contributed by atoms with Crippen LogP contribution in [-0.2, 0) is 5.41 Å². The molecule has 3 N–H and O–H groups in total. The van der Waals surface area contributed by atoms with Gasteiger partial charge in [0, 0.05) is 38.6 Å². The van der Waals surface area contributed by atoms with Crippen molar-refractivity contribution in [2.75, 3.05) is 32.5 Å². The predicted octanol–water partition coefficient (Wildman–Crippen LogP) is 4.73. The summed E-state index contributed by atoms with van der Waals surface area (Å²) in [7, 11) is 3.41. The molecular weight excluding hydrogens is 462 g/mol. The molecule has 0 bridgehead atoms. The minimum Gasteiger partial charge on any atom is -0.505 e. The quantitative estimate of drug-likeness (QED) is 0.389. The van der Waals surface area contributed by atoms with Crippen LogP contribution < -0.4 is 5.32 Å². The number of benzene rings is 3. The van der Waals surface area contributed by atoms with Crippen LogP contribution in [0, 0.1) is 0 Å². The van der Waals surface area contributed by atoms with Crippen LogP contribution in [0.3, 0.4) is 0 Å². The van der Waals surface area contributed by atoms with Crippen LogP contribution in [0.25, 0.3) is 0 Å². The van der Waals surface area contributed by atoms with Gasteiger partial charge in [0.05, 0.1) is 23.4 Å². The van der Waals surface area contributed by atoms with Crippen molar-refractivity contribution in [3.63, 3.8) is 0 Å². The van der Waals surface area contributed by atoms with Crippen molar-refractivity contribution in [2.24, 2.45) is 0 Å². The van der Waals surface area contributed by atoms with Crippen molar-refractivity contribution in [1.29, 1.82) is 0 Å². The van der Waals surface area contributed by atoms with Crippen LogP contribution in [0.2, 0.25) is 0 Å². The maximum absolute atomic E-state index is 13.2. The molecule has 3 atom stereocenters. The number of carbonyl (C=O) groups excluding carboxylic acids is 1. The van der Waals surface area contributed by atoms with Crippen molar-refractivity contribution >= 4 is 11.6 Å². The summed E-state index contributed by atoms with van der Waals surface area (Å²) >= 11 is 0. The van der Waals surface area contributed by atoms with E-state index < -0.39 is 6.10 Å². The third kappa shape index (κ3) is 5.50. The van der Waals surface area contributed by atoms with E-state index in [0.29, 0.717) is 18.7 Å². The zero-order valence-electron chi connectivity index (χ0n) is 22.3. The molecule has 6 nitrogen and oxygen atoms in total. The number of β-amino-alcohol motifs (C(OH)–C–C–N with tert-alkyl or cyclic N) is 1. The molecule has 196 valence electrons. The van der Waals surface area contributed by atoms with Gasteiger partial charge in [-0.05, 0) is 43.0 Å². The van der Waals surface area contributed by atoms with E-state index in [-0.39, 0.29) is 34.7 Å². The van der Waals surface area contributed by atoms with Gasteiger partial charge in [0.15, 0.2) is 5.75 Å². The molecule has 0 aromatic heterocycles. The summed E-state index contributed by atoms with van der Waals surface area (Å²) in [4.78, 5) is 17.1. The molecular formula is C31H39N3O3. The number of likely N-dealkylation sites (N-methyl/N-ethyl adjacent to an activating group) is 1. The average molecular weight is 502 g/mol. The lowest BCUT2D eigenvalue weighted by Gasteiger charge is -2.44. The first kappa shape index (κ1) is 26.7. The van der Waals surface area contributed by atoms with Crippen LogP contribution >= 0.6 is 0 Å². The van der Waals surface area contributed by atoms with Gasteiger partial charge in [0.2, 0.25) is 0 Å². The van der Waals surface area contributed by atoms with Gasteiger partial charge in [-0.3, -0.25) is 9.69 Å². The van der Waals surface area contributed by atoms with E-state index in [1.165, 1.54) is 11.1 Å². The number of phenolic OH excluding ortho intramolecular Hbond substituents is 1. The summed E-state index contributed by atoms with van der Waals surface area (Å²) in [6.07, 6.45) is 0.880. The summed E-state index contributed by atoms with van der Waals surface area (Å²) in [6, 6.07) is 26.2. The van der Waals surface area contributed by atoms with E-state index in [4.69, 9.17) is 0 Å². The highest BCUT2D eigenvalue weighted by atomic mass is 16.3. The molecule has 1 aliphatic heterocycles. The Balaban J connectivity index is 1.47. The molecule has 0 radical (unpaired) electrons. The van der Waals surface area contributed by atoms with Gasteiger partial charge in [0.1, 0.15) is 0 Å². The fraction of sp³-hybridized carbons (Fsp3) is 0.387. The van der Waals surface area contributed by atoms with Crippen molar-refractivity contribution in [3.05, 3.63) is 95.6 Å². The second-order valence-electron chi connectivity index (χ2n) is 10.4. The van der Waals surface area contributed by atoms with E-state index in [0.717, 1.165) is 13.0 Å².